The molecule has 4 atom stereocenters. The van der Waals surface area contributed by atoms with Crippen molar-refractivity contribution in [3.63, 3.8) is 0 Å². The van der Waals surface area contributed by atoms with Gasteiger partial charge in [-0.2, -0.15) is 5.10 Å². The smallest absolute Gasteiger partial charge is 0.266 e. The van der Waals surface area contributed by atoms with E-state index < -0.39 is 6.04 Å². The van der Waals surface area contributed by atoms with Gasteiger partial charge in [-0.25, -0.2) is 19.6 Å². The summed E-state index contributed by atoms with van der Waals surface area (Å²) in [5.41, 5.74) is 11.9. The van der Waals surface area contributed by atoms with Crippen molar-refractivity contribution in [2.24, 2.45) is 13.0 Å². The molecule has 1 aliphatic heterocycles. The minimum atomic E-state index is -0.401. The van der Waals surface area contributed by atoms with Crippen molar-refractivity contribution < 1.29 is 37.7 Å². The van der Waals surface area contributed by atoms with Gasteiger partial charge in [-0.3, -0.25) is 19.4 Å². The van der Waals surface area contributed by atoms with E-state index in [1.54, 1.807) is 37.5 Å². The SMILES string of the molecule is Cc1nc([C@H](C)NC(=O)c2ccc(-c3ccc(N)cc3)cc2)cc(N2[C@H](C(=O)NCCOCCOCCOCCOc3ccc(COc4ccc5oc(-c6ccc(=O)n(C)n6)nc5c4)nc3)C[C@@H]3CCCC[C@@H]32)n1. The number of nitrogens with two attached hydrogens (primary N) is 1. The maximum atomic E-state index is 13.8. The number of benzene rings is 3. The van der Waals surface area contributed by atoms with Gasteiger partial charge in [-0.15, -0.1) is 0 Å². The minimum Gasteiger partial charge on any atom is -0.490 e. The van der Waals surface area contributed by atoms with Crippen molar-refractivity contribution in [2.45, 2.75) is 70.7 Å². The molecule has 0 radical (unpaired) electrons. The van der Waals surface area contributed by atoms with Gasteiger partial charge in [0.1, 0.15) is 53.6 Å². The molecule has 4 N–H and O–H groups in total. The van der Waals surface area contributed by atoms with Gasteiger partial charge in [-0.05, 0) is 105 Å². The Morgan fingerprint density at radius 2 is 1.51 bits per heavy atom. The summed E-state index contributed by atoms with van der Waals surface area (Å²) in [5.74, 6) is 2.96. The van der Waals surface area contributed by atoms with E-state index >= 15 is 0 Å². The van der Waals surface area contributed by atoms with Gasteiger partial charge in [0.05, 0.1) is 63.3 Å². The van der Waals surface area contributed by atoms with E-state index in [-0.39, 0.29) is 36.1 Å². The molecule has 0 bridgehead atoms. The van der Waals surface area contributed by atoms with Gasteiger partial charge < -0.3 is 49.4 Å². The maximum absolute atomic E-state index is 13.8. The number of amides is 2. The third-order valence-electron chi connectivity index (χ3n) is 13.2. The molecule has 2 aliphatic rings. The largest absolute Gasteiger partial charge is 0.490 e. The van der Waals surface area contributed by atoms with Crippen LogP contribution in [0.4, 0.5) is 11.5 Å². The zero-order chi connectivity index (χ0) is 51.4. The van der Waals surface area contributed by atoms with Crippen LogP contribution < -0.4 is 36.3 Å². The van der Waals surface area contributed by atoms with Crippen molar-refractivity contribution >= 4 is 34.4 Å². The zero-order valence-corrected chi connectivity index (χ0v) is 41.9. The highest BCUT2D eigenvalue weighted by molar-refractivity contribution is 5.95. The molecule has 74 heavy (non-hydrogen) atoms. The van der Waals surface area contributed by atoms with E-state index in [1.165, 1.54) is 10.7 Å². The standard InChI is InChI=1S/C55H62N10O9/c1-35(59-53(67)39-10-8-37(9-11-39)38-12-14-41(56)15-13-38)46-32-51(61-36(2)60-46)65-48-7-5-4-6-40(48)30-49(65)54(68)57-22-23-69-24-25-70-26-27-71-28-29-72-44-17-16-42(58-33-44)34-73-43-18-20-50-47(31-43)62-55(74-50)45-19-21-52(66)64(3)63-45/h8-21,31-33,35,40,48-49H,4-7,22-30,34,56H2,1-3H3,(H,57,68)(H,59,67)/t35-,40-,48-,49-/m0/s1. The third-order valence-corrected chi connectivity index (χ3v) is 13.2. The molecule has 3 aromatic carbocycles. The van der Waals surface area contributed by atoms with Crippen LogP contribution >= 0.6 is 0 Å². The lowest BCUT2D eigenvalue weighted by Gasteiger charge is -2.35. The number of hydrogen-bond donors (Lipinski definition) is 3. The summed E-state index contributed by atoms with van der Waals surface area (Å²) in [5, 5.41) is 10.4. The van der Waals surface area contributed by atoms with Crippen LogP contribution in [0.25, 0.3) is 33.8 Å². The fourth-order valence-corrected chi connectivity index (χ4v) is 9.38. The van der Waals surface area contributed by atoms with Crippen molar-refractivity contribution in [2.75, 3.05) is 63.4 Å². The Kier molecular flexibility index (Phi) is 16.8. The summed E-state index contributed by atoms with van der Waals surface area (Å²) < 4.78 is 35.9. The first-order valence-electron chi connectivity index (χ1n) is 25.1. The second kappa shape index (κ2) is 24.3. The normalized spacial score (nSPS) is 16.7. The average Bonchev–Trinajstić information content (AvgIpc) is 4.03. The van der Waals surface area contributed by atoms with E-state index in [2.05, 4.69) is 30.6 Å². The number of ether oxygens (including phenoxy) is 5. The van der Waals surface area contributed by atoms with Crippen molar-refractivity contribution in [3.05, 3.63) is 136 Å². The highest BCUT2D eigenvalue weighted by Crippen LogP contribution is 2.42. The van der Waals surface area contributed by atoms with Crippen LogP contribution in [0.3, 0.4) is 0 Å². The Balaban J connectivity index is 0.643. The molecular weight excluding hydrogens is 945 g/mol. The van der Waals surface area contributed by atoms with Crippen LogP contribution in [0.1, 0.15) is 72.6 Å². The number of nitrogens with one attached hydrogen (secondary N) is 2. The summed E-state index contributed by atoms with van der Waals surface area (Å²) in [6, 6.07) is 28.5. The molecular formula is C55H62N10O9. The molecule has 9 rings (SSSR count). The van der Waals surface area contributed by atoms with E-state index in [0.717, 1.165) is 48.9 Å². The summed E-state index contributed by atoms with van der Waals surface area (Å²) in [7, 11) is 1.57. The molecule has 0 unspecified atom stereocenters. The topological polar surface area (TPSA) is 233 Å². The van der Waals surface area contributed by atoms with Crippen molar-refractivity contribution in [1.82, 2.24) is 40.3 Å². The quantitative estimate of drug-likeness (QED) is 0.0442. The lowest BCUT2D eigenvalue weighted by molar-refractivity contribution is -0.122. The summed E-state index contributed by atoms with van der Waals surface area (Å²) in [4.78, 5) is 59.7. The molecule has 4 aromatic heterocycles. The zero-order valence-electron chi connectivity index (χ0n) is 41.9. The number of hydrogen-bond acceptors (Lipinski definition) is 16. The highest BCUT2D eigenvalue weighted by atomic mass is 16.6. The second-order valence-corrected chi connectivity index (χ2v) is 18.4. The molecule has 2 amide bonds. The van der Waals surface area contributed by atoms with Gasteiger partial charge in [-0.1, -0.05) is 37.1 Å². The van der Waals surface area contributed by atoms with Gasteiger partial charge >= 0.3 is 0 Å². The number of rotatable bonds is 23. The van der Waals surface area contributed by atoms with Crippen LogP contribution in [-0.2, 0) is 32.7 Å². The number of pyridine rings is 1. The second-order valence-electron chi connectivity index (χ2n) is 18.4. The highest BCUT2D eigenvalue weighted by Gasteiger charge is 2.46. The van der Waals surface area contributed by atoms with Gasteiger partial charge in [0.15, 0.2) is 5.58 Å². The van der Waals surface area contributed by atoms with Crippen LogP contribution in [0, 0.1) is 12.8 Å². The number of nitrogen functional groups attached to an aromatic ring is 1. The molecule has 19 heteroatoms. The van der Waals surface area contributed by atoms with E-state index in [1.807, 2.05) is 80.6 Å². The lowest BCUT2D eigenvalue weighted by Crippen LogP contribution is -2.48. The van der Waals surface area contributed by atoms with Crippen molar-refractivity contribution in [1.29, 1.82) is 0 Å². The number of aryl methyl sites for hydroxylation is 2. The summed E-state index contributed by atoms with van der Waals surface area (Å²) in [6.45, 7) is 7.05. The summed E-state index contributed by atoms with van der Waals surface area (Å²) in [6.07, 6.45) is 6.73. The molecule has 1 saturated carbocycles. The van der Waals surface area contributed by atoms with Gasteiger partial charge in [0.25, 0.3) is 11.5 Å². The molecule has 19 nitrogen and oxygen atoms in total. The summed E-state index contributed by atoms with van der Waals surface area (Å²) >= 11 is 0. The molecule has 5 heterocycles. The first-order chi connectivity index (χ1) is 36.0. The van der Waals surface area contributed by atoms with E-state index in [9.17, 15) is 14.4 Å². The molecule has 386 valence electrons. The number of aromatic nitrogens is 6. The molecule has 1 aliphatic carbocycles. The number of carbonyl (C=O) groups is 2. The van der Waals surface area contributed by atoms with Crippen LogP contribution in [-0.4, -0.2) is 106 Å². The molecule has 1 saturated heterocycles. The third kappa shape index (κ3) is 13.1. The first-order valence-corrected chi connectivity index (χ1v) is 25.1. The minimum absolute atomic E-state index is 0.0471. The van der Waals surface area contributed by atoms with Crippen LogP contribution in [0.2, 0.25) is 0 Å². The monoisotopic (exact) mass is 1010 g/mol. The fourth-order valence-electron chi connectivity index (χ4n) is 9.38. The number of fused-ring (bicyclic) bond motifs is 2. The Bertz CT molecular complexity index is 3060. The molecule has 2 fully saturated rings. The number of nitrogens with zero attached hydrogens (tertiary/aromatic N) is 7. The molecule has 7 aromatic rings. The van der Waals surface area contributed by atoms with Crippen LogP contribution in [0.5, 0.6) is 11.5 Å². The Morgan fingerprint density at radius 1 is 0.797 bits per heavy atom. The lowest BCUT2D eigenvalue weighted by atomic mass is 9.84. The number of oxazole rings is 1. The molecule has 0 spiro atoms. The van der Waals surface area contributed by atoms with Crippen molar-refractivity contribution in [3.8, 4) is 34.2 Å². The van der Waals surface area contributed by atoms with E-state index in [0.29, 0.717) is 121 Å². The Morgan fingerprint density at radius 3 is 2.26 bits per heavy atom. The van der Waals surface area contributed by atoms with Crippen LogP contribution in [0.15, 0.2) is 112 Å². The van der Waals surface area contributed by atoms with E-state index in [4.69, 9.17) is 43.8 Å². The first kappa shape index (κ1) is 51.2. The Hall–Kier alpha value is -7.74. The number of carbonyl (C=O) groups excluding carboxylic acids is 2. The van der Waals surface area contributed by atoms with Gasteiger partial charge in [0.2, 0.25) is 11.8 Å². The van der Waals surface area contributed by atoms with Gasteiger partial charge in [0, 0.05) is 49.1 Å². The fraction of sp³-hybridized carbons (Fsp3) is 0.382. The Labute approximate surface area is 428 Å². The average molecular weight is 1010 g/mol. The number of anilines is 2. The predicted octanol–water partition coefficient (Wildman–Crippen LogP) is 6.78. The maximum Gasteiger partial charge on any atom is 0.266 e. The predicted molar refractivity (Wildman–Crippen MR) is 278 cm³/mol.